The van der Waals surface area contributed by atoms with E-state index in [9.17, 15) is 9.90 Å². The predicted molar refractivity (Wildman–Crippen MR) is 52.8 cm³/mol. The molecule has 0 aromatic rings. The summed E-state index contributed by atoms with van der Waals surface area (Å²) in [6.45, 7) is 0. The monoisotopic (exact) mass is 194 g/mol. The van der Waals surface area contributed by atoms with Crippen LogP contribution in [0.5, 0.6) is 0 Å². The van der Waals surface area contributed by atoms with Gasteiger partial charge in [0, 0.05) is 0 Å². The van der Waals surface area contributed by atoms with E-state index in [1.807, 2.05) is 0 Å². The lowest BCUT2D eigenvalue weighted by Gasteiger charge is -2.49. The summed E-state index contributed by atoms with van der Waals surface area (Å²) in [6, 6.07) is 0. The average molecular weight is 194 g/mol. The third-order valence-corrected chi connectivity index (χ3v) is 5.04. The highest BCUT2D eigenvalue weighted by Gasteiger charge is 2.51. The highest BCUT2D eigenvalue weighted by atomic mass is 16.4. The van der Waals surface area contributed by atoms with Crippen LogP contribution in [0, 0.1) is 29.6 Å². The van der Waals surface area contributed by atoms with Gasteiger partial charge in [-0.3, -0.25) is 4.79 Å². The van der Waals surface area contributed by atoms with Gasteiger partial charge in [0.1, 0.15) is 0 Å². The van der Waals surface area contributed by atoms with E-state index in [2.05, 4.69) is 0 Å². The number of aliphatic carboxylic acids is 1. The molecule has 0 aromatic heterocycles. The van der Waals surface area contributed by atoms with Gasteiger partial charge in [0.2, 0.25) is 0 Å². The Morgan fingerprint density at radius 3 is 2.57 bits per heavy atom. The lowest BCUT2D eigenvalue weighted by molar-refractivity contribution is -0.151. The molecule has 0 heterocycles. The molecule has 4 aliphatic carbocycles. The van der Waals surface area contributed by atoms with Gasteiger partial charge in [0.05, 0.1) is 5.92 Å². The summed E-state index contributed by atoms with van der Waals surface area (Å²) in [6.07, 6.45) is 7.56. The number of hydrogen-bond acceptors (Lipinski definition) is 1. The van der Waals surface area contributed by atoms with Crippen LogP contribution in [0.1, 0.15) is 38.5 Å². The fraction of sp³-hybridized carbons (Fsp3) is 0.917. The van der Waals surface area contributed by atoms with Gasteiger partial charge in [-0.1, -0.05) is 6.42 Å². The van der Waals surface area contributed by atoms with Crippen LogP contribution in [0.15, 0.2) is 0 Å². The van der Waals surface area contributed by atoms with E-state index in [4.69, 9.17) is 0 Å². The zero-order valence-corrected chi connectivity index (χ0v) is 8.48. The van der Waals surface area contributed by atoms with E-state index in [1.165, 1.54) is 32.1 Å². The van der Waals surface area contributed by atoms with E-state index in [-0.39, 0.29) is 5.92 Å². The Labute approximate surface area is 84.7 Å². The normalized spacial score (nSPS) is 50.4. The standard InChI is InChI=1S/C12H18O2/c13-12(14)11-6-7-4-5-10(11)9-3-1-2-8(7)9/h7-11H,1-6H2,(H,13,14). The van der Waals surface area contributed by atoms with Gasteiger partial charge in [-0.2, -0.15) is 0 Å². The van der Waals surface area contributed by atoms with Crippen LogP contribution < -0.4 is 0 Å². The molecule has 5 atom stereocenters. The molecule has 2 bridgehead atoms. The second-order valence-corrected chi connectivity index (χ2v) is 5.44. The Bertz CT molecular complexity index is 261. The Hall–Kier alpha value is -0.530. The van der Waals surface area contributed by atoms with Crippen molar-refractivity contribution in [3.05, 3.63) is 0 Å². The van der Waals surface area contributed by atoms with Gasteiger partial charge in [-0.25, -0.2) is 0 Å². The quantitative estimate of drug-likeness (QED) is 0.696. The molecule has 0 saturated heterocycles. The maximum Gasteiger partial charge on any atom is 0.306 e. The van der Waals surface area contributed by atoms with Gasteiger partial charge >= 0.3 is 5.97 Å². The summed E-state index contributed by atoms with van der Waals surface area (Å²) in [5, 5.41) is 9.18. The van der Waals surface area contributed by atoms with Gasteiger partial charge < -0.3 is 5.11 Å². The maximum atomic E-state index is 11.1. The highest BCUT2D eigenvalue weighted by Crippen LogP contribution is 2.57. The fourth-order valence-electron chi connectivity index (χ4n) is 4.55. The second-order valence-electron chi connectivity index (χ2n) is 5.44. The second kappa shape index (κ2) is 2.98. The molecule has 4 fully saturated rings. The Balaban J connectivity index is 1.88. The first kappa shape index (κ1) is 8.75. The number of hydrogen-bond donors (Lipinski definition) is 1. The van der Waals surface area contributed by atoms with Crippen LogP contribution in [0.4, 0.5) is 0 Å². The van der Waals surface area contributed by atoms with Crippen molar-refractivity contribution in [2.24, 2.45) is 29.6 Å². The van der Waals surface area contributed by atoms with Crippen LogP contribution in [0.3, 0.4) is 0 Å². The maximum absolute atomic E-state index is 11.1. The lowest BCUT2D eigenvalue weighted by atomic mass is 9.55. The fourth-order valence-corrected chi connectivity index (χ4v) is 4.55. The Kier molecular flexibility index (Phi) is 1.86. The van der Waals surface area contributed by atoms with Crippen molar-refractivity contribution in [2.45, 2.75) is 38.5 Å². The van der Waals surface area contributed by atoms with Crippen molar-refractivity contribution in [1.82, 2.24) is 0 Å². The van der Waals surface area contributed by atoms with Gasteiger partial charge in [-0.15, -0.1) is 0 Å². The average Bonchev–Trinajstić information content (AvgIpc) is 2.68. The topological polar surface area (TPSA) is 37.3 Å². The largest absolute Gasteiger partial charge is 0.481 e. The van der Waals surface area contributed by atoms with E-state index < -0.39 is 5.97 Å². The minimum Gasteiger partial charge on any atom is -0.481 e. The van der Waals surface area contributed by atoms with Crippen molar-refractivity contribution in [3.63, 3.8) is 0 Å². The van der Waals surface area contributed by atoms with Crippen LogP contribution >= 0.6 is 0 Å². The van der Waals surface area contributed by atoms with Crippen LogP contribution in [-0.2, 0) is 4.79 Å². The van der Waals surface area contributed by atoms with Crippen LogP contribution in [0.2, 0.25) is 0 Å². The number of fused-ring (bicyclic) bond motifs is 2. The smallest absolute Gasteiger partial charge is 0.306 e. The molecule has 0 spiro atoms. The summed E-state index contributed by atoms with van der Waals surface area (Å²) in [5.41, 5.74) is 0. The highest BCUT2D eigenvalue weighted by molar-refractivity contribution is 5.70. The molecule has 4 saturated carbocycles. The minimum absolute atomic E-state index is 0.00750. The summed E-state index contributed by atoms with van der Waals surface area (Å²) >= 11 is 0. The van der Waals surface area contributed by atoms with E-state index in [0.717, 1.165) is 24.2 Å². The first-order valence-electron chi connectivity index (χ1n) is 6.00. The van der Waals surface area contributed by atoms with E-state index in [1.54, 1.807) is 0 Å². The molecule has 5 unspecified atom stereocenters. The lowest BCUT2D eigenvalue weighted by Crippen LogP contribution is -2.45. The van der Waals surface area contributed by atoms with Crippen molar-refractivity contribution < 1.29 is 9.90 Å². The molecule has 4 rings (SSSR count). The number of carbonyl (C=O) groups is 1. The zero-order chi connectivity index (χ0) is 9.71. The van der Waals surface area contributed by atoms with Crippen LogP contribution in [0.25, 0.3) is 0 Å². The van der Waals surface area contributed by atoms with Crippen molar-refractivity contribution in [2.75, 3.05) is 0 Å². The van der Waals surface area contributed by atoms with Crippen molar-refractivity contribution in [1.29, 1.82) is 0 Å². The summed E-state index contributed by atoms with van der Waals surface area (Å²) in [7, 11) is 0. The third kappa shape index (κ3) is 1.06. The minimum atomic E-state index is -0.523. The first-order chi connectivity index (χ1) is 6.77. The molecule has 0 aliphatic heterocycles. The summed E-state index contributed by atoms with van der Waals surface area (Å²) in [4.78, 5) is 11.1. The third-order valence-electron chi connectivity index (χ3n) is 5.04. The molecular weight excluding hydrogens is 176 g/mol. The zero-order valence-electron chi connectivity index (χ0n) is 8.48. The van der Waals surface area contributed by atoms with E-state index >= 15 is 0 Å². The molecule has 78 valence electrons. The molecule has 2 nitrogen and oxygen atoms in total. The molecular formula is C12H18O2. The SMILES string of the molecule is O=C(O)C1CC2CCC1C1CCCC21. The van der Waals surface area contributed by atoms with Gasteiger partial charge in [0.15, 0.2) is 0 Å². The van der Waals surface area contributed by atoms with E-state index in [0.29, 0.717) is 5.92 Å². The molecule has 0 radical (unpaired) electrons. The molecule has 0 amide bonds. The number of rotatable bonds is 1. The van der Waals surface area contributed by atoms with Crippen LogP contribution in [-0.4, -0.2) is 11.1 Å². The molecule has 14 heavy (non-hydrogen) atoms. The molecule has 1 N–H and O–H groups in total. The predicted octanol–water partition coefficient (Wildman–Crippen LogP) is 2.53. The number of carboxylic acid groups (broad SMARTS) is 1. The number of carboxylic acids is 1. The Morgan fingerprint density at radius 1 is 1.00 bits per heavy atom. The van der Waals surface area contributed by atoms with Crippen molar-refractivity contribution in [3.8, 4) is 0 Å². The Morgan fingerprint density at radius 2 is 1.79 bits per heavy atom. The molecule has 2 heteroatoms. The molecule has 0 aromatic carbocycles. The van der Waals surface area contributed by atoms with Gasteiger partial charge in [0.25, 0.3) is 0 Å². The summed E-state index contributed by atoms with van der Waals surface area (Å²) in [5.74, 6) is 2.46. The first-order valence-corrected chi connectivity index (χ1v) is 6.00. The molecule has 4 aliphatic rings. The van der Waals surface area contributed by atoms with Gasteiger partial charge in [-0.05, 0) is 55.8 Å². The van der Waals surface area contributed by atoms with Crippen molar-refractivity contribution >= 4 is 5.97 Å². The summed E-state index contributed by atoms with van der Waals surface area (Å²) < 4.78 is 0.